The Hall–Kier alpha value is -0.380. The van der Waals surface area contributed by atoms with Crippen LogP contribution in [0.2, 0.25) is 0 Å². The highest BCUT2D eigenvalue weighted by atomic mass is 79.9. The molecule has 0 spiro atoms. The Labute approximate surface area is 93.5 Å². The van der Waals surface area contributed by atoms with Gasteiger partial charge in [0.15, 0.2) is 0 Å². The number of nitrogens with one attached hydrogen (secondary N) is 1. The minimum Gasteiger partial charge on any atom is -0.396 e. The summed E-state index contributed by atoms with van der Waals surface area (Å²) in [5, 5.41) is 12.1. The van der Waals surface area contributed by atoms with Crippen molar-refractivity contribution in [3.05, 3.63) is 34.3 Å². The topological polar surface area (TPSA) is 32.3 Å². The zero-order valence-electron chi connectivity index (χ0n) is 8.33. The van der Waals surface area contributed by atoms with Crippen LogP contribution in [0, 0.1) is 5.92 Å². The molecule has 2 N–H and O–H groups in total. The number of rotatable bonds is 5. The highest BCUT2D eigenvalue weighted by Crippen LogP contribution is 2.10. The molecule has 0 aliphatic heterocycles. The van der Waals surface area contributed by atoms with E-state index in [2.05, 4.69) is 33.4 Å². The average Bonchev–Trinajstić information content (AvgIpc) is 2.21. The first kappa shape index (κ1) is 11.7. The maximum atomic E-state index is 8.82. The van der Waals surface area contributed by atoms with Crippen LogP contribution in [-0.2, 0) is 6.54 Å². The predicted molar refractivity (Wildman–Crippen MR) is 62.1 cm³/mol. The first-order valence-corrected chi connectivity index (χ1v) is 5.57. The molecule has 0 radical (unpaired) electrons. The van der Waals surface area contributed by atoms with Gasteiger partial charge in [-0.25, -0.2) is 0 Å². The van der Waals surface area contributed by atoms with Crippen molar-refractivity contribution in [1.29, 1.82) is 0 Å². The van der Waals surface area contributed by atoms with Gasteiger partial charge in [-0.15, -0.1) is 0 Å². The summed E-state index contributed by atoms with van der Waals surface area (Å²) in [6, 6.07) is 8.24. The molecule has 0 saturated carbocycles. The molecule has 0 saturated heterocycles. The lowest BCUT2D eigenvalue weighted by Gasteiger charge is -2.09. The molecule has 1 aromatic rings. The van der Waals surface area contributed by atoms with Gasteiger partial charge in [0.2, 0.25) is 0 Å². The minimum atomic E-state index is 0.243. The Balaban J connectivity index is 2.28. The van der Waals surface area contributed by atoms with Crippen LogP contribution in [0.5, 0.6) is 0 Å². The minimum absolute atomic E-state index is 0.243. The maximum Gasteiger partial charge on any atom is 0.0468 e. The molecule has 0 amide bonds. The third kappa shape index (κ3) is 4.22. The standard InChI is InChI=1S/C11H16BrNO/c1-9(8-14)6-13-7-10-2-4-11(12)5-3-10/h2-5,9,13-14H,6-8H2,1H3. The van der Waals surface area contributed by atoms with Crippen molar-refractivity contribution in [2.75, 3.05) is 13.2 Å². The van der Waals surface area contributed by atoms with Gasteiger partial charge in [-0.3, -0.25) is 0 Å². The third-order valence-electron chi connectivity index (χ3n) is 2.05. The predicted octanol–water partition coefficient (Wildman–Crippen LogP) is 2.17. The zero-order valence-corrected chi connectivity index (χ0v) is 9.92. The van der Waals surface area contributed by atoms with Crippen molar-refractivity contribution >= 4 is 15.9 Å². The van der Waals surface area contributed by atoms with Crippen molar-refractivity contribution in [2.45, 2.75) is 13.5 Å². The van der Waals surface area contributed by atoms with E-state index in [1.807, 2.05) is 19.1 Å². The number of halogens is 1. The summed E-state index contributed by atoms with van der Waals surface area (Å²) in [7, 11) is 0. The van der Waals surface area contributed by atoms with Crippen LogP contribution in [0.4, 0.5) is 0 Å². The summed E-state index contributed by atoms with van der Waals surface area (Å²) >= 11 is 3.39. The summed E-state index contributed by atoms with van der Waals surface area (Å²) in [5.74, 6) is 0.324. The Morgan fingerprint density at radius 3 is 2.57 bits per heavy atom. The van der Waals surface area contributed by atoms with Crippen molar-refractivity contribution in [2.24, 2.45) is 5.92 Å². The quantitative estimate of drug-likeness (QED) is 0.848. The summed E-state index contributed by atoms with van der Waals surface area (Å²) < 4.78 is 1.10. The SMILES string of the molecule is CC(CO)CNCc1ccc(Br)cc1. The van der Waals surface area contributed by atoms with E-state index in [0.717, 1.165) is 17.6 Å². The second-order valence-corrected chi connectivity index (χ2v) is 4.46. The molecule has 2 nitrogen and oxygen atoms in total. The Bertz CT molecular complexity index is 260. The third-order valence-corrected chi connectivity index (χ3v) is 2.58. The fourth-order valence-electron chi connectivity index (χ4n) is 1.13. The van der Waals surface area contributed by atoms with Crippen LogP contribution >= 0.6 is 15.9 Å². The number of hydrogen-bond donors (Lipinski definition) is 2. The largest absolute Gasteiger partial charge is 0.396 e. The fraction of sp³-hybridized carbons (Fsp3) is 0.455. The number of hydrogen-bond acceptors (Lipinski definition) is 2. The highest BCUT2D eigenvalue weighted by Gasteiger charge is 1.98. The molecule has 14 heavy (non-hydrogen) atoms. The lowest BCUT2D eigenvalue weighted by atomic mass is 10.2. The molecule has 0 heterocycles. The molecule has 0 aliphatic carbocycles. The maximum absolute atomic E-state index is 8.82. The van der Waals surface area contributed by atoms with Crippen molar-refractivity contribution in [3.63, 3.8) is 0 Å². The average molecular weight is 258 g/mol. The van der Waals surface area contributed by atoms with Crippen LogP contribution in [0.3, 0.4) is 0 Å². The van der Waals surface area contributed by atoms with E-state index in [9.17, 15) is 0 Å². The van der Waals surface area contributed by atoms with E-state index < -0.39 is 0 Å². The summed E-state index contributed by atoms with van der Waals surface area (Å²) in [6.45, 7) is 3.98. The lowest BCUT2D eigenvalue weighted by molar-refractivity contribution is 0.233. The van der Waals surface area contributed by atoms with Crippen LogP contribution in [0.15, 0.2) is 28.7 Å². The van der Waals surface area contributed by atoms with Gasteiger partial charge in [0, 0.05) is 24.2 Å². The second kappa shape index (κ2) is 6.17. The van der Waals surface area contributed by atoms with Gasteiger partial charge in [0.1, 0.15) is 0 Å². The van der Waals surface area contributed by atoms with Gasteiger partial charge < -0.3 is 10.4 Å². The van der Waals surface area contributed by atoms with Gasteiger partial charge in [-0.05, 0) is 23.6 Å². The summed E-state index contributed by atoms with van der Waals surface area (Å²) in [4.78, 5) is 0. The van der Waals surface area contributed by atoms with Gasteiger partial charge in [-0.2, -0.15) is 0 Å². The Kier molecular flexibility index (Phi) is 5.15. The molecule has 1 aromatic carbocycles. The first-order chi connectivity index (χ1) is 6.72. The molecule has 3 heteroatoms. The molecular formula is C11H16BrNO. The zero-order chi connectivity index (χ0) is 10.4. The van der Waals surface area contributed by atoms with Crippen LogP contribution in [0.1, 0.15) is 12.5 Å². The molecule has 1 unspecified atom stereocenters. The molecule has 1 rings (SSSR count). The Morgan fingerprint density at radius 1 is 1.36 bits per heavy atom. The molecule has 0 bridgehead atoms. The number of aliphatic hydroxyl groups is 1. The monoisotopic (exact) mass is 257 g/mol. The van der Waals surface area contributed by atoms with Crippen molar-refractivity contribution < 1.29 is 5.11 Å². The van der Waals surface area contributed by atoms with E-state index in [-0.39, 0.29) is 6.61 Å². The van der Waals surface area contributed by atoms with Gasteiger partial charge >= 0.3 is 0 Å². The second-order valence-electron chi connectivity index (χ2n) is 3.55. The summed E-state index contributed by atoms with van der Waals surface area (Å²) in [5.41, 5.74) is 1.26. The van der Waals surface area contributed by atoms with E-state index in [4.69, 9.17) is 5.11 Å². The first-order valence-electron chi connectivity index (χ1n) is 4.78. The molecule has 0 fully saturated rings. The smallest absolute Gasteiger partial charge is 0.0468 e. The Morgan fingerprint density at radius 2 is 2.00 bits per heavy atom. The van der Waals surface area contributed by atoms with Crippen molar-refractivity contribution in [1.82, 2.24) is 5.32 Å². The lowest BCUT2D eigenvalue weighted by Crippen LogP contribution is -2.22. The van der Waals surface area contributed by atoms with Crippen molar-refractivity contribution in [3.8, 4) is 0 Å². The molecule has 0 aliphatic rings. The number of aliphatic hydroxyl groups excluding tert-OH is 1. The molecule has 0 aromatic heterocycles. The number of benzene rings is 1. The summed E-state index contributed by atoms with van der Waals surface area (Å²) in [6.07, 6.45) is 0. The van der Waals surface area contributed by atoms with Gasteiger partial charge in [-0.1, -0.05) is 35.0 Å². The molecule has 1 atom stereocenters. The van der Waals surface area contributed by atoms with E-state index >= 15 is 0 Å². The van der Waals surface area contributed by atoms with Crippen LogP contribution < -0.4 is 5.32 Å². The normalized spacial score (nSPS) is 12.8. The van der Waals surface area contributed by atoms with Crippen LogP contribution in [0.25, 0.3) is 0 Å². The van der Waals surface area contributed by atoms with E-state index in [1.165, 1.54) is 5.56 Å². The van der Waals surface area contributed by atoms with Crippen LogP contribution in [-0.4, -0.2) is 18.3 Å². The highest BCUT2D eigenvalue weighted by molar-refractivity contribution is 9.10. The fourth-order valence-corrected chi connectivity index (χ4v) is 1.39. The molecule has 78 valence electrons. The van der Waals surface area contributed by atoms with E-state index in [1.54, 1.807) is 0 Å². The van der Waals surface area contributed by atoms with E-state index in [0.29, 0.717) is 5.92 Å². The van der Waals surface area contributed by atoms with Gasteiger partial charge in [0.25, 0.3) is 0 Å². The van der Waals surface area contributed by atoms with Gasteiger partial charge in [0.05, 0.1) is 0 Å². The molecular weight excluding hydrogens is 242 g/mol.